The van der Waals surface area contributed by atoms with Crippen LogP contribution in [0.3, 0.4) is 0 Å². The number of ether oxygens (including phenoxy) is 1. The fourth-order valence-electron chi connectivity index (χ4n) is 4.63. The number of nitrogens with zero attached hydrogens (tertiary/aromatic N) is 1. The van der Waals surface area contributed by atoms with Crippen molar-refractivity contribution in [1.82, 2.24) is 4.98 Å². The van der Waals surface area contributed by atoms with Crippen molar-refractivity contribution in [1.29, 1.82) is 0 Å². The van der Waals surface area contributed by atoms with Crippen molar-refractivity contribution in [3.8, 4) is 39.3 Å². The van der Waals surface area contributed by atoms with Gasteiger partial charge in [-0.3, -0.25) is 4.98 Å². The molecule has 0 saturated carbocycles. The Morgan fingerprint density at radius 3 is 1.80 bits per heavy atom. The van der Waals surface area contributed by atoms with Gasteiger partial charge < -0.3 is 4.74 Å². The van der Waals surface area contributed by atoms with Crippen LogP contribution in [0.4, 0.5) is 39.5 Å². The van der Waals surface area contributed by atoms with E-state index in [1.165, 1.54) is 18.3 Å². The summed E-state index contributed by atoms with van der Waals surface area (Å²) in [7, 11) is 0. The average Bonchev–Trinajstić information content (AvgIpc) is 2.98. The van der Waals surface area contributed by atoms with E-state index in [0.29, 0.717) is 43.2 Å². The molecule has 1 heterocycles. The van der Waals surface area contributed by atoms with E-state index in [1.54, 1.807) is 12.1 Å². The molecule has 45 heavy (non-hydrogen) atoms. The van der Waals surface area contributed by atoms with E-state index in [4.69, 9.17) is 0 Å². The van der Waals surface area contributed by atoms with E-state index in [2.05, 4.69) is 16.3 Å². The summed E-state index contributed by atoms with van der Waals surface area (Å²) < 4.78 is 134. The molecule has 230 valence electrons. The second-order valence-electron chi connectivity index (χ2n) is 9.90. The quantitative estimate of drug-likeness (QED) is 0.0920. The molecular formula is C34H20F9NO. The first kappa shape index (κ1) is 31.4. The SMILES string of the molecule is C=CCCc1ccc(-c2cc(F)c(C(F)(F)Oc3ccc(-c4ccc(-c5cc(F)c(F)c(F)c5)c(F)c4)c(F)c3)c(F)c2)nc1. The second-order valence-corrected chi connectivity index (χ2v) is 9.90. The summed E-state index contributed by atoms with van der Waals surface area (Å²) >= 11 is 0. The summed E-state index contributed by atoms with van der Waals surface area (Å²) in [4.78, 5) is 4.13. The maximum absolute atomic E-state index is 15.0. The summed E-state index contributed by atoms with van der Waals surface area (Å²) in [5.41, 5.74) is -1.82. The highest BCUT2D eigenvalue weighted by Gasteiger charge is 2.41. The van der Waals surface area contributed by atoms with Crippen molar-refractivity contribution < 1.29 is 44.3 Å². The average molecular weight is 630 g/mol. The van der Waals surface area contributed by atoms with Crippen LogP contribution in [0.15, 0.2) is 91.6 Å². The first-order chi connectivity index (χ1) is 21.4. The van der Waals surface area contributed by atoms with E-state index >= 15 is 0 Å². The van der Waals surface area contributed by atoms with Crippen LogP contribution >= 0.6 is 0 Å². The smallest absolute Gasteiger partial charge is 0.429 e. The van der Waals surface area contributed by atoms with Gasteiger partial charge in [-0.25, -0.2) is 30.7 Å². The lowest BCUT2D eigenvalue weighted by molar-refractivity contribution is -0.189. The molecule has 0 spiro atoms. The number of rotatable bonds is 9. The highest BCUT2D eigenvalue weighted by molar-refractivity contribution is 5.72. The number of hydrogen-bond acceptors (Lipinski definition) is 2. The Balaban J connectivity index is 1.37. The van der Waals surface area contributed by atoms with Crippen LogP contribution in [0.1, 0.15) is 17.5 Å². The van der Waals surface area contributed by atoms with Crippen LogP contribution in [0.25, 0.3) is 33.5 Å². The highest BCUT2D eigenvalue weighted by Crippen LogP contribution is 2.38. The second kappa shape index (κ2) is 12.5. The van der Waals surface area contributed by atoms with E-state index in [9.17, 15) is 39.5 Å². The molecule has 4 aromatic carbocycles. The predicted molar refractivity (Wildman–Crippen MR) is 150 cm³/mol. The van der Waals surface area contributed by atoms with Crippen LogP contribution in [0.5, 0.6) is 5.75 Å². The van der Waals surface area contributed by atoms with Gasteiger partial charge in [0.15, 0.2) is 17.5 Å². The number of aromatic nitrogens is 1. The highest BCUT2D eigenvalue weighted by atomic mass is 19.3. The number of pyridine rings is 1. The minimum Gasteiger partial charge on any atom is -0.429 e. The maximum Gasteiger partial charge on any atom is 0.432 e. The monoisotopic (exact) mass is 629 g/mol. The molecule has 0 aliphatic rings. The number of benzene rings is 4. The Labute approximate surface area is 251 Å². The van der Waals surface area contributed by atoms with Crippen molar-refractivity contribution in [2.24, 2.45) is 0 Å². The predicted octanol–water partition coefficient (Wildman–Crippen LogP) is 10.3. The fourth-order valence-corrected chi connectivity index (χ4v) is 4.63. The molecule has 0 saturated heterocycles. The van der Waals surface area contributed by atoms with Crippen LogP contribution in [0, 0.1) is 40.7 Å². The van der Waals surface area contributed by atoms with E-state index in [-0.39, 0.29) is 33.5 Å². The van der Waals surface area contributed by atoms with Crippen molar-refractivity contribution >= 4 is 0 Å². The minimum atomic E-state index is -4.57. The van der Waals surface area contributed by atoms with Crippen LogP contribution in [0.2, 0.25) is 0 Å². The van der Waals surface area contributed by atoms with E-state index < -0.39 is 58.1 Å². The molecule has 11 heteroatoms. The molecule has 0 radical (unpaired) electrons. The third-order valence-electron chi connectivity index (χ3n) is 6.85. The van der Waals surface area contributed by atoms with Gasteiger partial charge in [0.1, 0.15) is 34.6 Å². The fraction of sp³-hybridized carbons (Fsp3) is 0.0882. The molecule has 0 N–H and O–H groups in total. The topological polar surface area (TPSA) is 22.1 Å². The molecule has 1 aromatic heterocycles. The van der Waals surface area contributed by atoms with E-state index in [0.717, 1.165) is 29.8 Å². The van der Waals surface area contributed by atoms with Crippen molar-refractivity contribution in [2.45, 2.75) is 19.0 Å². The van der Waals surface area contributed by atoms with E-state index in [1.807, 2.05) is 0 Å². The Hall–Kier alpha value is -5.06. The zero-order valence-corrected chi connectivity index (χ0v) is 23.0. The van der Waals surface area contributed by atoms with Gasteiger partial charge in [0, 0.05) is 29.0 Å². The molecule has 0 aliphatic heterocycles. The Kier molecular flexibility index (Phi) is 8.72. The third-order valence-corrected chi connectivity index (χ3v) is 6.85. The molecule has 0 amide bonds. The van der Waals surface area contributed by atoms with Gasteiger partial charge >= 0.3 is 6.11 Å². The standard InChI is InChI=1S/C34H20F9NO/c1-2-3-4-18-5-10-31(44-17-18)21-14-27(37)32(28(38)15-21)34(42,43)45-22-7-9-23(26(36)16-22)19-6-8-24(25(35)11-19)20-12-29(39)33(41)30(40)13-20/h2,5-17H,1,3-4H2. The van der Waals surface area contributed by atoms with Gasteiger partial charge in [0.05, 0.1) is 5.69 Å². The molecule has 5 rings (SSSR count). The maximum atomic E-state index is 15.0. The van der Waals surface area contributed by atoms with Crippen LogP contribution < -0.4 is 4.74 Å². The van der Waals surface area contributed by atoms with Gasteiger partial charge in [0.2, 0.25) is 0 Å². The van der Waals surface area contributed by atoms with Crippen molar-refractivity contribution in [3.63, 3.8) is 0 Å². The Morgan fingerprint density at radius 1 is 0.644 bits per heavy atom. The lowest BCUT2D eigenvalue weighted by atomic mass is 9.99. The largest absolute Gasteiger partial charge is 0.432 e. The Bertz CT molecular complexity index is 1860. The summed E-state index contributed by atoms with van der Waals surface area (Å²) in [5, 5.41) is 0. The van der Waals surface area contributed by atoms with Crippen LogP contribution in [-0.2, 0) is 12.5 Å². The summed E-state index contributed by atoms with van der Waals surface area (Å²) in [6.45, 7) is 3.62. The van der Waals surface area contributed by atoms with Gasteiger partial charge in [-0.15, -0.1) is 6.58 Å². The summed E-state index contributed by atoms with van der Waals surface area (Å²) in [5.74, 6) is -11.1. The lowest BCUT2D eigenvalue weighted by Crippen LogP contribution is -2.25. The van der Waals surface area contributed by atoms with Gasteiger partial charge in [-0.2, -0.15) is 8.78 Å². The zero-order chi connectivity index (χ0) is 32.5. The zero-order valence-electron chi connectivity index (χ0n) is 23.0. The normalized spacial score (nSPS) is 11.5. The summed E-state index contributed by atoms with van der Waals surface area (Å²) in [6.07, 6.45) is -0.0205. The number of hydrogen-bond donors (Lipinski definition) is 0. The minimum absolute atomic E-state index is 0.0925. The first-order valence-corrected chi connectivity index (χ1v) is 13.2. The lowest BCUT2D eigenvalue weighted by Gasteiger charge is -2.20. The number of aryl methyl sites for hydroxylation is 1. The molecular weight excluding hydrogens is 609 g/mol. The number of alkyl halides is 2. The number of allylic oxidation sites excluding steroid dienone is 1. The first-order valence-electron chi connectivity index (χ1n) is 13.2. The molecule has 0 atom stereocenters. The Morgan fingerprint density at radius 2 is 1.22 bits per heavy atom. The molecule has 0 fully saturated rings. The molecule has 0 unspecified atom stereocenters. The third kappa shape index (κ3) is 6.57. The molecule has 0 bridgehead atoms. The molecule has 2 nitrogen and oxygen atoms in total. The molecule has 0 aliphatic carbocycles. The molecule has 5 aromatic rings. The van der Waals surface area contributed by atoms with Crippen molar-refractivity contribution in [3.05, 3.63) is 143 Å². The van der Waals surface area contributed by atoms with Gasteiger partial charge in [-0.1, -0.05) is 24.3 Å². The van der Waals surface area contributed by atoms with Gasteiger partial charge in [-0.05, 0) is 78.1 Å². The number of halogens is 9. The summed E-state index contributed by atoms with van der Waals surface area (Å²) in [6, 6.07) is 11.1. The van der Waals surface area contributed by atoms with Crippen LogP contribution in [-0.4, -0.2) is 4.98 Å². The van der Waals surface area contributed by atoms with Crippen molar-refractivity contribution in [2.75, 3.05) is 0 Å². The van der Waals surface area contributed by atoms with Gasteiger partial charge in [0.25, 0.3) is 0 Å².